The molecular formula is C19H15N3O2S. The van der Waals surface area contributed by atoms with E-state index < -0.39 is 0 Å². The molecule has 2 aromatic carbocycles. The number of methoxy groups -OCH3 is 1. The van der Waals surface area contributed by atoms with E-state index in [0.717, 1.165) is 44.9 Å². The zero-order valence-corrected chi connectivity index (χ0v) is 14.4. The van der Waals surface area contributed by atoms with E-state index in [-0.39, 0.29) is 5.56 Å². The summed E-state index contributed by atoms with van der Waals surface area (Å²) in [5.74, 6) is 0.812. The van der Waals surface area contributed by atoms with E-state index in [9.17, 15) is 4.79 Å². The van der Waals surface area contributed by atoms with Gasteiger partial charge in [-0.3, -0.25) is 9.36 Å². The van der Waals surface area contributed by atoms with Gasteiger partial charge in [-0.25, -0.2) is 9.97 Å². The molecule has 0 unspecified atom stereocenters. The third kappa shape index (κ3) is 2.33. The first-order valence-electron chi connectivity index (χ1n) is 8.19. The van der Waals surface area contributed by atoms with Crippen molar-refractivity contribution in [3.63, 3.8) is 0 Å². The molecule has 5 nitrogen and oxygen atoms in total. The fourth-order valence-corrected chi connectivity index (χ4v) is 4.18. The summed E-state index contributed by atoms with van der Waals surface area (Å²) in [4.78, 5) is 22.1. The Morgan fingerprint density at radius 2 is 1.88 bits per heavy atom. The van der Waals surface area contributed by atoms with E-state index in [1.165, 1.54) is 0 Å². The zero-order valence-electron chi connectivity index (χ0n) is 13.6. The van der Waals surface area contributed by atoms with Gasteiger partial charge < -0.3 is 4.74 Å². The van der Waals surface area contributed by atoms with Crippen LogP contribution in [-0.2, 0) is 0 Å². The lowest BCUT2D eigenvalue weighted by atomic mass is 10.2. The summed E-state index contributed by atoms with van der Waals surface area (Å²) in [6, 6.07) is 11.9. The van der Waals surface area contributed by atoms with Crippen molar-refractivity contribution in [3.05, 3.63) is 53.1 Å². The van der Waals surface area contributed by atoms with Crippen LogP contribution in [-0.4, -0.2) is 21.6 Å². The second kappa shape index (κ2) is 5.39. The summed E-state index contributed by atoms with van der Waals surface area (Å²) in [6.07, 6.45) is 3.80. The predicted octanol–water partition coefficient (Wildman–Crippen LogP) is 4.02. The molecule has 1 aliphatic rings. The van der Waals surface area contributed by atoms with Crippen LogP contribution in [0.3, 0.4) is 0 Å². The van der Waals surface area contributed by atoms with Gasteiger partial charge in [0.1, 0.15) is 10.8 Å². The number of hydrogen-bond donors (Lipinski definition) is 0. The van der Waals surface area contributed by atoms with Gasteiger partial charge in [0.25, 0.3) is 5.56 Å². The first-order valence-corrected chi connectivity index (χ1v) is 9.01. The molecule has 2 heterocycles. The van der Waals surface area contributed by atoms with E-state index >= 15 is 0 Å². The Balaban J connectivity index is 1.74. The van der Waals surface area contributed by atoms with Gasteiger partial charge in [-0.1, -0.05) is 0 Å². The molecule has 0 radical (unpaired) electrons. The average Bonchev–Trinajstić information content (AvgIpc) is 3.39. The quantitative estimate of drug-likeness (QED) is 0.561. The van der Waals surface area contributed by atoms with Gasteiger partial charge in [-0.05, 0) is 49.2 Å². The monoisotopic (exact) mass is 349 g/mol. The molecule has 0 aliphatic heterocycles. The van der Waals surface area contributed by atoms with Crippen LogP contribution in [0, 0.1) is 0 Å². The van der Waals surface area contributed by atoms with Crippen LogP contribution in [0.25, 0.3) is 31.7 Å². The molecule has 0 atom stereocenters. The van der Waals surface area contributed by atoms with Crippen molar-refractivity contribution in [2.45, 2.75) is 18.9 Å². The number of nitrogens with zero attached hydrogens (tertiary/aromatic N) is 3. The van der Waals surface area contributed by atoms with Crippen LogP contribution >= 0.6 is 11.3 Å². The van der Waals surface area contributed by atoms with Gasteiger partial charge in [0.15, 0.2) is 0 Å². The molecule has 6 heteroatoms. The van der Waals surface area contributed by atoms with Crippen molar-refractivity contribution in [3.8, 4) is 16.3 Å². The van der Waals surface area contributed by atoms with Crippen molar-refractivity contribution in [2.24, 2.45) is 0 Å². The molecule has 0 saturated heterocycles. The van der Waals surface area contributed by atoms with E-state index in [1.807, 2.05) is 36.4 Å². The Morgan fingerprint density at radius 3 is 2.60 bits per heavy atom. The smallest absolute Gasteiger partial charge is 0.262 e. The Labute approximate surface area is 147 Å². The summed E-state index contributed by atoms with van der Waals surface area (Å²) >= 11 is 1.54. The first kappa shape index (κ1) is 14.6. The van der Waals surface area contributed by atoms with E-state index in [2.05, 4.69) is 4.98 Å². The standard InChI is InChI=1S/C19H15N3O2S/c1-24-13-6-2-11(3-7-13)18-21-15-9-8-14-16(17(15)25-18)19(23)22(10-20-14)12-4-5-12/h2-3,6-10,12H,4-5H2,1H3. The highest BCUT2D eigenvalue weighted by Gasteiger charge is 2.26. The predicted molar refractivity (Wildman–Crippen MR) is 99.4 cm³/mol. The number of benzene rings is 2. The van der Waals surface area contributed by atoms with Gasteiger partial charge in [0, 0.05) is 11.6 Å². The minimum absolute atomic E-state index is 0.0445. The number of hydrogen-bond acceptors (Lipinski definition) is 5. The first-order chi connectivity index (χ1) is 12.2. The Bertz CT molecular complexity index is 1160. The highest BCUT2D eigenvalue weighted by atomic mass is 32.1. The van der Waals surface area contributed by atoms with Crippen LogP contribution in [0.4, 0.5) is 0 Å². The van der Waals surface area contributed by atoms with Crippen LogP contribution in [0.1, 0.15) is 18.9 Å². The Kier molecular flexibility index (Phi) is 3.15. The molecule has 124 valence electrons. The third-order valence-corrected chi connectivity index (χ3v) is 5.72. The van der Waals surface area contributed by atoms with E-state index in [0.29, 0.717) is 11.4 Å². The average molecular weight is 349 g/mol. The van der Waals surface area contributed by atoms with Crippen molar-refractivity contribution >= 4 is 32.5 Å². The third-order valence-electron chi connectivity index (χ3n) is 4.58. The normalized spacial score (nSPS) is 14.3. The number of thiazole rings is 1. The fraction of sp³-hybridized carbons (Fsp3) is 0.211. The maximum absolute atomic E-state index is 12.9. The lowest BCUT2D eigenvalue weighted by Crippen LogP contribution is -2.19. The molecule has 25 heavy (non-hydrogen) atoms. The highest BCUT2D eigenvalue weighted by Crippen LogP contribution is 2.36. The summed E-state index contributed by atoms with van der Waals surface area (Å²) in [7, 11) is 1.65. The van der Waals surface area contributed by atoms with E-state index in [1.54, 1.807) is 29.3 Å². The molecule has 5 rings (SSSR count). The summed E-state index contributed by atoms with van der Waals surface area (Å²) in [6.45, 7) is 0. The Hall–Kier alpha value is -2.73. The second-order valence-corrected chi connectivity index (χ2v) is 7.24. The van der Waals surface area contributed by atoms with Gasteiger partial charge in [0.2, 0.25) is 0 Å². The lowest BCUT2D eigenvalue weighted by Gasteiger charge is -2.04. The van der Waals surface area contributed by atoms with Crippen molar-refractivity contribution in [1.82, 2.24) is 14.5 Å². The number of aromatic nitrogens is 3. The van der Waals surface area contributed by atoms with Crippen molar-refractivity contribution in [2.75, 3.05) is 7.11 Å². The van der Waals surface area contributed by atoms with E-state index in [4.69, 9.17) is 9.72 Å². The van der Waals surface area contributed by atoms with Crippen LogP contribution < -0.4 is 10.3 Å². The molecule has 4 aromatic rings. The molecule has 1 aliphatic carbocycles. The molecular weight excluding hydrogens is 334 g/mol. The fourth-order valence-electron chi connectivity index (χ4n) is 3.07. The van der Waals surface area contributed by atoms with Gasteiger partial charge in [-0.2, -0.15) is 0 Å². The summed E-state index contributed by atoms with van der Waals surface area (Å²) in [5, 5.41) is 1.58. The summed E-state index contributed by atoms with van der Waals surface area (Å²) < 4.78 is 7.89. The zero-order chi connectivity index (χ0) is 17.0. The second-order valence-electron chi connectivity index (χ2n) is 6.24. The van der Waals surface area contributed by atoms with Crippen LogP contribution in [0.5, 0.6) is 5.75 Å². The summed E-state index contributed by atoms with van der Waals surface area (Å²) in [5.41, 5.74) is 2.64. The molecule has 0 bridgehead atoms. The van der Waals surface area contributed by atoms with Gasteiger partial charge in [0.05, 0.1) is 34.6 Å². The van der Waals surface area contributed by atoms with Crippen molar-refractivity contribution < 1.29 is 4.74 Å². The minimum atomic E-state index is 0.0445. The molecule has 2 aromatic heterocycles. The molecule has 0 amide bonds. The number of ether oxygens (including phenoxy) is 1. The topological polar surface area (TPSA) is 57.0 Å². The maximum atomic E-state index is 12.9. The molecule has 0 spiro atoms. The number of fused-ring (bicyclic) bond motifs is 3. The van der Waals surface area contributed by atoms with Gasteiger partial charge in [-0.15, -0.1) is 11.3 Å². The Morgan fingerprint density at radius 1 is 1.12 bits per heavy atom. The van der Waals surface area contributed by atoms with Crippen LogP contribution in [0.15, 0.2) is 47.5 Å². The highest BCUT2D eigenvalue weighted by molar-refractivity contribution is 7.22. The SMILES string of the molecule is COc1ccc(-c2nc3ccc4ncn(C5CC5)c(=O)c4c3s2)cc1. The molecule has 0 N–H and O–H groups in total. The van der Waals surface area contributed by atoms with Gasteiger partial charge >= 0.3 is 0 Å². The molecule has 1 saturated carbocycles. The van der Waals surface area contributed by atoms with Crippen LogP contribution in [0.2, 0.25) is 0 Å². The van der Waals surface area contributed by atoms with Crippen molar-refractivity contribution in [1.29, 1.82) is 0 Å². The largest absolute Gasteiger partial charge is 0.497 e. The maximum Gasteiger partial charge on any atom is 0.262 e. The number of rotatable bonds is 3. The lowest BCUT2D eigenvalue weighted by molar-refractivity contribution is 0.415. The molecule has 1 fully saturated rings. The minimum Gasteiger partial charge on any atom is -0.497 e.